The number of nitrogens with zero attached hydrogens (tertiary/aromatic N) is 4. The van der Waals surface area contributed by atoms with Gasteiger partial charge in [-0.1, -0.05) is 6.07 Å². The first-order valence-corrected chi connectivity index (χ1v) is 5.56. The predicted octanol–water partition coefficient (Wildman–Crippen LogP) is 1.06. The predicted molar refractivity (Wildman–Crippen MR) is 65.6 cm³/mol. The molecule has 3 heterocycles. The van der Waals surface area contributed by atoms with E-state index in [0.29, 0.717) is 17.7 Å². The summed E-state index contributed by atoms with van der Waals surface area (Å²) < 4.78 is 0. The lowest BCUT2D eigenvalue weighted by Gasteiger charge is -2.39. The highest BCUT2D eigenvalue weighted by Gasteiger charge is 2.29. The van der Waals surface area contributed by atoms with E-state index in [1.165, 1.54) is 5.56 Å². The Bertz CT molecular complexity index is 507. The van der Waals surface area contributed by atoms with Crippen LogP contribution in [-0.2, 0) is 0 Å². The van der Waals surface area contributed by atoms with E-state index in [1.807, 2.05) is 12.3 Å². The van der Waals surface area contributed by atoms with E-state index in [4.69, 9.17) is 5.73 Å². The molecule has 0 aliphatic carbocycles. The second-order valence-electron chi connectivity index (χ2n) is 4.17. The highest BCUT2D eigenvalue weighted by Crippen LogP contribution is 2.28. The molecule has 3 rings (SSSR count). The number of nitrogen functional groups attached to an aromatic ring is 1. The van der Waals surface area contributed by atoms with Gasteiger partial charge in [0.2, 0.25) is 5.95 Å². The third kappa shape index (κ3) is 1.91. The Morgan fingerprint density at radius 3 is 2.82 bits per heavy atom. The molecule has 0 aromatic carbocycles. The SMILES string of the molecule is Nc1ccnc(N2CC(c3cccnc3)C2)n1. The number of anilines is 2. The fraction of sp³-hybridized carbons (Fsp3) is 0.250. The van der Waals surface area contributed by atoms with Crippen LogP contribution in [0.3, 0.4) is 0 Å². The molecule has 0 spiro atoms. The molecule has 86 valence electrons. The second-order valence-corrected chi connectivity index (χ2v) is 4.17. The molecule has 1 fully saturated rings. The van der Waals surface area contributed by atoms with Gasteiger partial charge in [-0.05, 0) is 17.7 Å². The molecule has 2 aromatic rings. The van der Waals surface area contributed by atoms with Crippen LogP contribution in [0.1, 0.15) is 11.5 Å². The summed E-state index contributed by atoms with van der Waals surface area (Å²) >= 11 is 0. The maximum absolute atomic E-state index is 5.63. The maximum atomic E-state index is 5.63. The molecular weight excluding hydrogens is 214 g/mol. The van der Waals surface area contributed by atoms with Gasteiger partial charge < -0.3 is 10.6 Å². The van der Waals surface area contributed by atoms with Crippen molar-refractivity contribution >= 4 is 11.8 Å². The number of rotatable bonds is 2. The van der Waals surface area contributed by atoms with Crippen molar-refractivity contribution in [2.45, 2.75) is 5.92 Å². The van der Waals surface area contributed by atoms with Crippen molar-refractivity contribution in [3.05, 3.63) is 42.4 Å². The van der Waals surface area contributed by atoms with Crippen LogP contribution in [0.5, 0.6) is 0 Å². The minimum atomic E-state index is 0.514. The van der Waals surface area contributed by atoms with Gasteiger partial charge in [0.1, 0.15) is 5.82 Å². The quantitative estimate of drug-likeness (QED) is 0.830. The smallest absolute Gasteiger partial charge is 0.227 e. The van der Waals surface area contributed by atoms with E-state index in [2.05, 4.69) is 25.9 Å². The lowest BCUT2D eigenvalue weighted by Crippen LogP contribution is -2.46. The third-order valence-corrected chi connectivity index (χ3v) is 2.98. The van der Waals surface area contributed by atoms with Crippen LogP contribution in [0, 0.1) is 0 Å². The number of hydrogen-bond acceptors (Lipinski definition) is 5. The van der Waals surface area contributed by atoms with Crippen LogP contribution in [0.25, 0.3) is 0 Å². The van der Waals surface area contributed by atoms with Crippen molar-refractivity contribution < 1.29 is 0 Å². The molecule has 0 atom stereocenters. The van der Waals surface area contributed by atoms with Gasteiger partial charge in [0.15, 0.2) is 0 Å². The zero-order chi connectivity index (χ0) is 11.7. The summed E-state index contributed by atoms with van der Waals surface area (Å²) in [5.41, 5.74) is 6.90. The van der Waals surface area contributed by atoms with E-state index in [9.17, 15) is 0 Å². The molecule has 5 heteroatoms. The van der Waals surface area contributed by atoms with Crippen LogP contribution in [0.4, 0.5) is 11.8 Å². The molecule has 1 aliphatic rings. The average Bonchev–Trinajstić information content (AvgIpc) is 2.28. The summed E-state index contributed by atoms with van der Waals surface area (Å²) in [6.07, 6.45) is 5.40. The zero-order valence-corrected chi connectivity index (χ0v) is 9.32. The number of aromatic nitrogens is 3. The van der Waals surface area contributed by atoms with Gasteiger partial charge in [0.25, 0.3) is 0 Å². The third-order valence-electron chi connectivity index (χ3n) is 2.98. The molecule has 2 aromatic heterocycles. The number of nitrogens with two attached hydrogens (primary N) is 1. The zero-order valence-electron chi connectivity index (χ0n) is 9.32. The van der Waals surface area contributed by atoms with Gasteiger partial charge in [-0.25, -0.2) is 4.98 Å². The van der Waals surface area contributed by atoms with Crippen LogP contribution in [0.15, 0.2) is 36.8 Å². The van der Waals surface area contributed by atoms with Gasteiger partial charge in [-0.2, -0.15) is 4.98 Å². The Kier molecular flexibility index (Phi) is 2.36. The fourth-order valence-corrected chi connectivity index (χ4v) is 1.98. The Morgan fingerprint density at radius 2 is 2.12 bits per heavy atom. The van der Waals surface area contributed by atoms with Crippen LogP contribution < -0.4 is 10.6 Å². The molecule has 1 aliphatic heterocycles. The molecule has 0 saturated carbocycles. The Balaban J connectivity index is 1.69. The first kappa shape index (κ1) is 10.0. The topological polar surface area (TPSA) is 67.9 Å². The first-order chi connectivity index (χ1) is 8.33. The second kappa shape index (κ2) is 4.01. The van der Waals surface area contributed by atoms with Gasteiger partial charge in [-0.3, -0.25) is 4.98 Å². The van der Waals surface area contributed by atoms with E-state index < -0.39 is 0 Å². The Labute approximate surface area is 99.3 Å². The Hall–Kier alpha value is -2.17. The van der Waals surface area contributed by atoms with E-state index in [-0.39, 0.29) is 0 Å². The fourth-order valence-electron chi connectivity index (χ4n) is 1.98. The largest absolute Gasteiger partial charge is 0.384 e. The summed E-state index contributed by atoms with van der Waals surface area (Å²) in [6.45, 7) is 1.85. The lowest BCUT2D eigenvalue weighted by atomic mass is 9.93. The van der Waals surface area contributed by atoms with Gasteiger partial charge in [-0.15, -0.1) is 0 Å². The first-order valence-electron chi connectivity index (χ1n) is 5.56. The molecule has 1 saturated heterocycles. The highest BCUT2D eigenvalue weighted by atomic mass is 15.3. The maximum Gasteiger partial charge on any atom is 0.227 e. The highest BCUT2D eigenvalue weighted by molar-refractivity contribution is 5.42. The number of pyridine rings is 1. The molecule has 0 radical (unpaired) electrons. The minimum absolute atomic E-state index is 0.514. The van der Waals surface area contributed by atoms with Crippen molar-refractivity contribution in [1.82, 2.24) is 15.0 Å². The summed E-state index contributed by atoms with van der Waals surface area (Å²) in [5, 5.41) is 0. The van der Waals surface area contributed by atoms with Crippen molar-refractivity contribution in [1.29, 1.82) is 0 Å². The number of hydrogen-bond donors (Lipinski definition) is 1. The lowest BCUT2D eigenvalue weighted by molar-refractivity contribution is 0.513. The summed E-state index contributed by atoms with van der Waals surface area (Å²) in [4.78, 5) is 14.7. The van der Waals surface area contributed by atoms with Crippen molar-refractivity contribution in [2.75, 3.05) is 23.7 Å². The average molecular weight is 227 g/mol. The standard InChI is InChI=1S/C12H13N5/c13-11-3-5-15-12(16-11)17-7-10(8-17)9-2-1-4-14-6-9/h1-6,10H,7-8H2,(H2,13,15,16). The monoisotopic (exact) mass is 227 g/mol. The minimum Gasteiger partial charge on any atom is -0.384 e. The van der Waals surface area contributed by atoms with Crippen molar-refractivity contribution in [3.63, 3.8) is 0 Å². The normalized spacial score (nSPS) is 15.6. The Morgan fingerprint density at radius 1 is 1.24 bits per heavy atom. The van der Waals surface area contributed by atoms with Crippen LogP contribution >= 0.6 is 0 Å². The van der Waals surface area contributed by atoms with Crippen molar-refractivity contribution in [2.24, 2.45) is 0 Å². The summed E-state index contributed by atoms with van der Waals surface area (Å²) in [5.74, 6) is 1.75. The molecular formula is C12H13N5. The molecule has 0 bridgehead atoms. The molecule has 2 N–H and O–H groups in total. The van der Waals surface area contributed by atoms with Crippen LogP contribution in [-0.4, -0.2) is 28.0 Å². The van der Waals surface area contributed by atoms with Gasteiger partial charge in [0, 0.05) is 37.6 Å². The molecule has 17 heavy (non-hydrogen) atoms. The van der Waals surface area contributed by atoms with Crippen molar-refractivity contribution in [3.8, 4) is 0 Å². The van der Waals surface area contributed by atoms with Gasteiger partial charge in [0.05, 0.1) is 0 Å². The van der Waals surface area contributed by atoms with E-state index in [1.54, 1.807) is 18.5 Å². The van der Waals surface area contributed by atoms with Crippen LogP contribution in [0.2, 0.25) is 0 Å². The van der Waals surface area contributed by atoms with Gasteiger partial charge >= 0.3 is 0 Å². The summed E-state index contributed by atoms with van der Waals surface area (Å²) in [6, 6.07) is 5.77. The molecule has 0 unspecified atom stereocenters. The summed E-state index contributed by atoms with van der Waals surface area (Å²) in [7, 11) is 0. The molecule has 0 amide bonds. The van der Waals surface area contributed by atoms with E-state index >= 15 is 0 Å². The molecule has 5 nitrogen and oxygen atoms in total. The van der Waals surface area contributed by atoms with E-state index in [0.717, 1.165) is 13.1 Å².